The largest absolute Gasteiger partial charge is 0.302 e. The molecule has 4 heteroatoms. The normalized spacial score (nSPS) is 11.2. The Morgan fingerprint density at radius 2 is 2.08 bits per heavy atom. The molecule has 0 aliphatic carbocycles. The fraction of sp³-hybridized carbons (Fsp3) is 0.778. The van der Waals surface area contributed by atoms with Crippen LogP contribution in [0.3, 0.4) is 0 Å². The van der Waals surface area contributed by atoms with E-state index in [1.54, 1.807) is 0 Å². The van der Waals surface area contributed by atoms with Crippen LogP contribution in [0.15, 0.2) is 0 Å². The van der Waals surface area contributed by atoms with Crippen LogP contribution in [0.4, 0.5) is 0 Å². The standard InChI is InChI=1S/C9H16ClN3/c1-4-5-8-11-12-9(10)13(8)6-7(2)3/h7H,4-6H2,1-3H3. The number of nitrogens with zero attached hydrogens (tertiary/aromatic N) is 3. The maximum Gasteiger partial charge on any atom is 0.225 e. The first kappa shape index (κ1) is 10.5. The number of hydrogen-bond acceptors (Lipinski definition) is 2. The average Bonchev–Trinajstić information content (AvgIpc) is 2.36. The molecule has 0 saturated heterocycles. The maximum absolute atomic E-state index is 5.91. The van der Waals surface area contributed by atoms with Gasteiger partial charge in [0.05, 0.1) is 0 Å². The molecule has 0 N–H and O–H groups in total. The summed E-state index contributed by atoms with van der Waals surface area (Å²) in [5.74, 6) is 1.57. The number of rotatable bonds is 4. The first-order valence-electron chi connectivity index (χ1n) is 4.72. The third kappa shape index (κ3) is 2.69. The number of aryl methyl sites for hydroxylation is 1. The molecule has 1 aromatic heterocycles. The van der Waals surface area contributed by atoms with Crippen LogP contribution in [0.2, 0.25) is 5.28 Å². The fourth-order valence-corrected chi connectivity index (χ4v) is 1.47. The van der Waals surface area contributed by atoms with Gasteiger partial charge in [-0.05, 0) is 23.9 Å². The SMILES string of the molecule is CCCc1nnc(Cl)n1CC(C)C. The molecule has 1 heterocycles. The zero-order valence-electron chi connectivity index (χ0n) is 8.42. The quantitative estimate of drug-likeness (QED) is 0.750. The highest BCUT2D eigenvalue weighted by Crippen LogP contribution is 2.12. The maximum atomic E-state index is 5.91. The van der Waals surface area contributed by atoms with Crippen LogP contribution >= 0.6 is 11.6 Å². The lowest BCUT2D eigenvalue weighted by Crippen LogP contribution is -2.08. The molecule has 3 nitrogen and oxygen atoms in total. The highest BCUT2D eigenvalue weighted by molar-refractivity contribution is 6.28. The Hall–Kier alpha value is -0.570. The molecule has 0 saturated carbocycles. The van der Waals surface area contributed by atoms with Gasteiger partial charge in [0.2, 0.25) is 5.28 Å². The Balaban J connectivity index is 2.81. The van der Waals surface area contributed by atoms with Crippen molar-refractivity contribution in [1.82, 2.24) is 14.8 Å². The van der Waals surface area contributed by atoms with Crippen LogP contribution in [-0.4, -0.2) is 14.8 Å². The van der Waals surface area contributed by atoms with Crippen molar-refractivity contribution in [2.45, 2.75) is 40.2 Å². The van der Waals surface area contributed by atoms with Crippen LogP contribution in [0.25, 0.3) is 0 Å². The summed E-state index contributed by atoms with van der Waals surface area (Å²) in [5, 5.41) is 8.42. The van der Waals surface area contributed by atoms with Crippen molar-refractivity contribution in [3.63, 3.8) is 0 Å². The smallest absolute Gasteiger partial charge is 0.225 e. The molecule has 0 amide bonds. The number of halogens is 1. The van der Waals surface area contributed by atoms with Gasteiger partial charge in [0.1, 0.15) is 5.82 Å². The summed E-state index contributed by atoms with van der Waals surface area (Å²) in [6.45, 7) is 7.35. The minimum absolute atomic E-state index is 0.511. The average molecular weight is 202 g/mol. The van der Waals surface area contributed by atoms with Gasteiger partial charge in [0, 0.05) is 13.0 Å². The van der Waals surface area contributed by atoms with Crippen molar-refractivity contribution >= 4 is 11.6 Å². The lowest BCUT2D eigenvalue weighted by atomic mass is 10.2. The lowest BCUT2D eigenvalue weighted by Gasteiger charge is -2.09. The Morgan fingerprint density at radius 3 is 2.62 bits per heavy atom. The number of aromatic nitrogens is 3. The Kier molecular flexibility index (Phi) is 3.72. The molecule has 0 aliphatic rings. The van der Waals surface area contributed by atoms with Crippen molar-refractivity contribution in [2.24, 2.45) is 5.92 Å². The molecule has 13 heavy (non-hydrogen) atoms. The summed E-state index contributed by atoms with van der Waals surface area (Å²) >= 11 is 5.91. The first-order chi connectivity index (χ1) is 6.15. The minimum Gasteiger partial charge on any atom is -0.302 e. The molecule has 0 bridgehead atoms. The summed E-state index contributed by atoms with van der Waals surface area (Å²) in [6, 6.07) is 0. The van der Waals surface area contributed by atoms with Crippen molar-refractivity contribution in [3.8, 4) is 0 Å². The van der Waals surface area contributed by atoms with Crippen molar-refractivity contribution in [3.05, 3.63) is 11.1 Å². The molecule has 0 unspecified atom stereocenters. The van der Waals surface area contributed by atoms with E-state index in [0.717, 1.165) is 25.2 Å². The van der Waals surface area contributed by atoms with Gasteiger partial charge in [-0.3, -0.25) is 0 Å². The van der Waals surface area contributed by atoms with E-state index in [0.29, 0.717) is 11.2 Å². The molecule has 74 valence electrons. The molecular formula is C9H16ClN3. The Labute approximate surface area is 84.1 Å². The van der Waals surface area contributed by atoms with Gasteiger partial charge in [0.15, 0.2) is 0 Å². The van der Waals surface area contributed by atoms with Gasteiger partial charge in [-0.15, -0.1) is 10.2 Å². The molecule has 0 aliphatic heterocycles. The summed E-state index contributed by atoms with van der Waals surface area (Å²) in [4.78, 5) is 0. The van der Waals surface area contributed by atoms with E-state index >= 15 is 0 Å². The summed E-state index contributed by atoms with van der Waals surface area (Å²) < 4.78 is 2.00. The van der Waals surface area contributed by atoms with Crippen LogP contribution in [0.1, 0.15) is 33.0 Å². The molecule has 0 spiro atoms. The molecule has 0 radical (unpaired) electrons. The Bertz CT molecular complexity index is 268. The summed E-state index contributed by atoms with van der Waals surface area (Å²) in [6.07, 6.45) is 2.03. The van der Waals surface area contributed by atoms with Crippen LogP contribution in [-0.2, 0) is 13.0 Å². The van der Waals surface area contributed by atoms with Gasteiger partial charge in [-0.25, -0.2) is 0 Å². The highest BCUT2D eigenvalue weighted by Gasteiger charge is 2.09. The third-order valence-corrected chi connectivity index (χ3v) is 2.08. The molecule has 0 atom stereocenters. The van der Waals surface area contributed by atoms with E-state index < -0.39 is 0 Å². The monoisotopic (exact) mass is 201 g/mol. The van der Waals surface area contributed by atoms with Gasteiger partial charge in [-0.1, -0.05) is 20.8 Å². The fourth-order valence-electron chi connectivity index (χ4n) is 1.27. The van der Waals surface area contributed by atoms with E-state index in [1.165, 1.54) is 0 Å². The zero-order valence-corrected chi connectivity index (χ0v) is 9.17. The molecule has 0 aromatic carbocycles. The summed E-state index contributed by atoms with van der Waals surface area (Å²) in [5.41, 5.74) is 0. The lowest BCUT2D eigenvalue weighted by molar-refractivity contribution is 0.505. The molecule has 1 rings (SSSR count). The minimum atomic E-state index is 0.511. The number of hydrogen-bond donors (Lipinski definition) is 0. The summed E-state index contributed by atoms with van der Waals surface area (Å²) in [7, 11) is 0. The predicted octanol–water partition coefficient (Wildman–Crippen LogP) is 2.54. The van der Waals surface area contributed by atoms with Crippen LogP contribution < -0.4 is 0 Å². The Morgan fingerprint density at radius 1 is 1.38 bits per heavy atom. The van der Waals surface area contributed by atoms with E-state index in [1.807, 2.05) is 4.57 Å². The third-order valence-electron chi connectivity index (χ3n) is 1.80. The van der Waals surface area contributed by atoms with Gasteiger partial charge in [0.25, 0.3) is 0 Å². The molecule has 0 fully saturated rings. The van der Waals surface area contributed by atoms with Crippen molar-refractivity contribution in [1.29, 1.82) is 0 Å². The van der Waals surface area contributed by atoms with Crippen LogP contribution in [0.5, 0.6) is 0 Å². The first-order valence-corrected chi connectivity index (χ1v) is 5.10. The predicted molar refractivity (Wildman–Crippen MR) is 53.9 cm³/mol. The van der Waals surface area contributed by atoms with E-state index in [4.69, 9.17) is 11.6 Å². The molecular weight excluding hydrogens is 186 g/mol. The van der Waals surface area contributed by atoms with Crippen molar-refractivity contribution in [2.75, 3.05) is 0 Å². The zero-order chi connectivity index (χ0) is 9.84. The van der Waals surface area contributed by atoms with E-state index in [2.05, 4.69) is 31.0 Å². The van der Waals surface area contributed by atoms with Crippen molar-refractivity contribution < 1.29 is 0 Å². The second-order valence-corrected chi connectivity index (χ2v) is 3.98. The van der Waals surface area contributed by atoms with Gasteiger partial charge in [-0.2, -0.15) is 0 Å². The molecule has 1 aromatic rings. The van der Waals surface area contributed by atoms with E-state index in [9.17, 15) is 0 Å². The van der Waals surface area contributed by atoms with Gasteiger partial charge < -0.3 is 4.57 Å². The second-order valence-electron chi connectivity index (χ2n) is 3.64. The van der Waals surface area contributed by atoms with Crippen LogP contribution in [0, 0.1) is 5.92 Å². The highest BCUT2D eigenvalue weighted by atomic mass is 35.5. The second kappa shape index (κ2) is 4.61. The van der Waals surface area contributed by atoms with E-state index in [-0.39, 0.29) is 0 Å². The van der Waals surface area contributed by atoms with Gasteiger partial charge >= 0.3 is 0 Å². The topological polar surface area (TPSA) is 30.7 Å².